The van der Waals surface area contributed by atoms with Gasteiger partial charge < -0.3 is 24.3 Å². The van der Waals surface area contributed by atoms with Gasteiger partial charge in [0.05, 0.1) is 37.6 Å². The Balaban J connectivity index is 1.00. The molecule has 0 spiro atoms. The topological polar surface area (TPSA) is 132 Å². The summed E-state index contributed by atoms with van der Waals surface area (Å²) in [5, 5.41) is 5.35. The van der Waals surface area contributed by atoms with Crippen molar-refractivity contribution in [2.45, 2.75) is 44.8 Å². The molecule has 2 aromatic rings. The van der Waals surface area contributed by atoms with Crippen molar-refractivity contribution in [1.29, 1.82) is 0 Å². The third-order valence-corrected chi connectivity index (χ3v) is 6.92. The minimum Gasteiger partial charge on any atom is -0.382 e. The van der Waals surface area contributed by atoms with Gasteiger partial charge in [-0.3, -0.25) is 29.4 Å². The van der Waals surface area contributed by atoms with Crippen molar-refractivity contribution in [3.05, 3.63) is 65.2 Å². The van der Waals surface area contributed by atoms with Crippen molar-refractivity contribution in [1.82, 2.24) is 10.2 Å². The first-order valence-corrected chi connectivity index (χ1v) is 14.5. The molecule has 2 aliphatic rings. The highest BCUT2D eigenvalue weighted by Gasteiger charge is 2.45. The number of carbonyl (C=O) groups excluding carboxylic acids is 4. The van der Waals surface area contributed by atoms with E-state index in [2.05, 4.69) is 22.8 Å². The molecule has 0 radical (unpaired) electrons. The van der Waals surface area contributed by atoms with Gasteiger partial charge >= 0.3 is 0 Å². The fourth-order valence-electron chi connectivity index (χ4n) is 4.78. The summed E-state index contributed by atoms with van der Waals surface area (Å²) in [7, 11) is 0. The molecule has 4 rings (SSSR count). The maximum Gasteiger partial charge on any atom is 0.264 e. The molecule has 0 saturated carbocycles. The van der Waals surface area contributed by atoms with E-state index < -0.39 is 29.7 Å². The summed E-state index contributed by atoms with van der Waals surface area (Å²) in [5.41, 5.74) is 2.15. The monoisotopic (exact) mass is 581 g/mol. The number of nitrogens with one attached hydrogen (secondary N) is 2. The number of amides is 4. The quantitative estimate of drug-likeness (QED) is 0.190. The van der Waals surface area contributed by atoms with E-state index in [1.54, 1.807) is 18.2 Å². The van der Waals surface area contributed by atoms with Crippen LogP contribution in [0.3, 0.4) is 0 Å². The maximum atomic E-state index is 13.1. The molecule has 0 bridgehead atoms. The molecule has 0 aromatic heterocycles. The normalized spacial score (nSPS) is 16.6. The molecule has 1 saturated heterocycles. The van der Waals surface area contributed by atoms with E-state index in [4.69, 9.17) is 18.9 Å². The fourth-order valence-corrected chi connectivity index (χ4v) is 4.78. The first kappa shape index (κ1) is 31.3. The van der Waals surface area contributed by atoms with Gasteiger partial charge in [0.15, 0.2) is 0 Å². The average Bonchev–Trinajstić information content (AvgIpc) is 3.25. The van der Waals surface area contributed by atoms with Crippen LogP contribution in [-0.2, 0) is 35.1 Å². The zero-order chi connectivity index (χ0) is 29.6. The smallest absolute Gasteiger partial charge is 0.264 e. The molecular weight excluding hydrogens is 542 g/mol. The highest BCUT2D eigenvalue weighted by atomic mass is 16.5. The number of unbranched alkanes of at least 4 members (excludes halogenated alkanes) is 1. The number of benzene rings is 2. The summed E-state index contributed by atoms with van der Waals surface area (Å²) in [6, 6.07) is 14.1. The molecule has 11 nitrogen and oxygen atoms in total. The lowest BCUT2D eigenvalue weighted by molar-refractivity contribution is -0.136. The van der Waals surface area contributed by atoms with Crippen molar-refractivity contribution >= 4 is 29.3 Å². The van der Waals surface area contributed by atoms with Crippen LogP contribution in [0, 0.1) is 0 Å². The molecule has 0 aliphatic carbocycles. The molecule has 2 aromatic carbocycles. The van der Waals surface area contributed by atoms with E-state index in [0.717, 1.165) is 30.8 Å². The second kappa shape index (κ2) is 16.7. The number of fused-ring (bicyclic) bond motifs is 1. The SMILES string of the molecule is O=C1CCC(N2C(=O)c3cccc(NCCOCCOCCCOCCCCOCc4ccccc4)c3C2=O)C(=O)N1. The van der Waals surface area contributed by atoms with Crippen LogP contribution >= 0.6 is 0 Å². The first-order chi connectivity index (χ1) is 20.6. The van der Waals surface area contributed by atoms with Gasteiger partial charge in [-0.05, 0) is 43.4 Å². The Morgan fingerprint density at radius 1 is 0.738 bits per heavy atom. The number of carbonyl (C=O) groups is 4. The molecular formula is C31H39N3O8. The summed E-state index contributed by atoms with van der Waals surface area (Å²) in [5.74, 6) is -2.11. The molecule has 42 heavy (non-hydrogen) atoms. The van der Waals surface area contributed by atoms with Gasteiger partial charge in [0.2, 0.25) is 11.8 Å². The zero-order valence-corrected chi connectivity index (χ0v) is 23.8. The summed E-state index contributed by atoms with van der Waals surface area (Å²) >= 11 is 0. The number of anilines is 1. The lowest BCUT2D eigenvalue weighted by Gasteiger charge is -2.27. The van der Waals surface area contributed by atoms with E-state index in [1.807, 2.05) is 18.2 Å². The van der Waals surface area contributed by atoms with Gasteiger partial charge in [-0.2, -0.15) is 0 Å². The van der Waals surface area contributed by atoms with Gasteiger partial charge in [0, 0.05) is 45.1 Å². The molecule has 2 heterocycles. The number of hydrogen-bond donors (Lipinski definition) is 2. The van der Waals surface area contributed by atoms with Gasteiger partial charge in [-0.1, -0.05) is 36.4 Å². The van der Waals surface area contributed by atoms with Crippen molar-refractivity contribution in [3.8, 4) is 0 Å². The average molecular weight is 582 g/mol. The van der Waals surface area contributed by atoms with Crippen molar-refractivity contribution < 1.29 is 38.1 Å². The van der Waals surface area contributed by atoms with E-state index in [0.29, 0.717) is 58.5 Å². The molecule has 1 unspecified atom stereocenters. The molecule has 1 fully saturated rings. The number of piperidine rings is 1. The standard InChI is InChI=1S/C31H39N3O8/c35-27-13-12-26(29(36)33-27)34-30(37)24-10-6-11-25(28(24)31(34)38)32-14-19-41-21-20-40-18-7-17-39-15-4-5-16-42-22-23-8-2-1-3-9-23/h1-3,6,8-11,26,32H,4-5,7,12-22H2,(H,33,35,36). The zero-order valence-electron chi connectivity index (χ0n) is 23.8. The van der Waals surface area contributed by atoms with E-state index in [1.165, 1.54) is 5.56 Å². The van der Waals surface area contributed by atoms with Crippen LogP contribution in [0.4, 0.5) is 5.69 Å². The summed E-state index contributed by atoms with van der Waals surface area (Å²) in [6.07, 6.45) is 2.95. The maximum absolute atomic E-state index is 13.1. The summed E-state index contributed by atoms with van der Waals surface area (Å²) in [6.45, 7) is 5.02. The second-order valence-corrected chi connectivity index (χ2v) is 10.0. The number of hydrogen-bond acceptors (Lipinski definition) is 9. The number of imide groups is 2. The van der Waals surface area contributed by atoms with Gasteiger partial charge in [0.25, 0.3) is 11.8 Å². The minimum absolute atomic E-state index is 0.0795. The molecule has 2 aliphatic heterocycles. The predicted octanol–water partition coefficient (Wildman–Crippen LogP) is 2.94. The second-order valence-electron chi connectivity index (χ2n) is 10.0. The lowest BCUT2D eigenvalue weighted by Crippen LogP contribution is -2.54. The third-order valence-electron chi connectivity index (χ3n) is 6.92. The minimum atomic E-state index is -0.992. The Labute approximate surface area is 245 Å². The predicted molar refractivity (Wildman–Crippen MR) is 154 cm³/mol. The van der Waals surface area contributed by atoms with E-state index in [9.17, 15) is 19.2 Å². The van der Waals surface area contributed by atoms with E-state index in [-0.39, 0.29) is 24.0 Å². The summed E-state index contributed by atoms with van der Waals surface area (Å²) in [4.78, 5) is 50.7. The first-order valence-electron chi connectivity index (χ1n) is 14.5. The van der Waals surface area contributed by atoms with Gasteiger partial charge in [-0.15, -0.1) is 0 Å². The number of ether oxygens (including phenoxy) is 4. The molecule has 2 N–H and O–H groups in total. The van der Waals surface area contributed by atoms with Crippen LogP contribution < -0.4 is 10.6 Å². The van der Waals surface area contributed by atoms with Gasteiger partial charge in [0.1, 0.15) is 6.04 Å². The number of rotatable bonds is 19. The van der Waals surface area contributed by atoms with Crippen molar-refractivity contribution in [3.63, 3.8) is 0 Å². The molecule has 1 atom stereocenters. The fraction of sp³-hybridized carbons (Fsp3) is 0.484. The van der Waals surface area contributed by atoms with Crippen LogP contribution in [0.1, 0.15) is 58.4 Å². The van der Waals surface area contributed by atoms with Crippen LogP contribution in [0.2, 0.25) is 0 Å². The summed E-state index contributed by atoms with van der Waals surface area (Å²) < 4.78 is 22.5. The van der Waals surface area contributed by atoms with Crippen LogP contribution in [-0.4, -0.2) is 87.4 Å². The highest BCUT2D eigenvalue weighted by molar-refractivity contribution is 6.25. The Kier molecular flexibility index (Phi) is 12.5. The molecule has 226 valence electrons. The van der Waals surface area contributed by atoms with Crippen LogP contribution in [0.15, 0.2) is 48.5 Å². The molecule has 11 heteroatoms. The van der Waals surface area contributed by atoms with Crippen molar-refractivity contribution in [2.75, 3.05) is 58.1 Å². The Morgan fingerprint density at radius 3 is 2.19 bits per heavy atom. The third kappa shape index (κ3) is 8.93. The largest absolute Gasteiger partial charge is 0.382 e. The Bertz CT molecular complexity index is 1210. The molecule has 4 amide bonds. The van der Waals surface area contributed by atoms with E-state index >= 15 is 0 Å². The van der Waals surface area contributed by atoms with Crippen LogP contribution in [0.5, 0.6) is 0 Å². The lowest BCUT2D eigenvalue weighted by atomic mass is 10.0. The Morgan fingerprint density at radius 2 is 1.43 bits per heavy atom. The highest BCUT2D eigenvalue weighted by Crippen LogP contribution is 2.32. The Hall–Kier alpha value is -3.64. The van der Waals surface area contributed by atoms with Gasteiger partial charge in [-0.25, -0.2) is 0 Å². The van der Waals surface area contributed by atoms with Crippen LogP contribution in [0.25, 0.3) is 0 Å². The number of nitrogens with zero attached hydrogens (tertiary/aromatic N) is 1. The van der Waals surface area contributed by atoms with Crippen molar-refractivity contribution in [2.24, 2.45) is 0 Å².